The van der Waals surface area contributed by atoms with Gasteiger partial charge in [0.1, 0.15) is 0 Å². The Morgan fingerprint density at radius 2 is 1.95 bits per heavy atom. The van der Waals surface area contributed by atoms with Crippen molar-refractivity contribution in [2.24, 2.45) is 0 Å². The van der Waals surface area contributed by atoms with E-state index in [1.165, 1.54) is 0 Å². The van der Waals surface area contributed by atoms with Crippen molar-refractivity contribution in [3.05, 3.63) is 0 Å². The van der Waals surface area contributed by atoms with Crippen LogP contribution in [0.1, 0.15) is 6.42 Å². The Balaban J connectivity index is 1.99. The lowest BCUT2D eigenvalue weighted by Crippen LogP contribution is -2.43. The van der Waals surface area contributed by atoms with E-state index in [0.29, 0.717) is 6.54 Å². The van der Waals surface area contributed by atoms with Gasteiger partial charge in [-0.05, 0) is 13.0 Å². The van der Waals surface area contributed by atoms with Crippen LogP contribution in [0.5, 0.6) is 0 Å². The molecule has 0 saturated carbocycles. The lowest BCUT2D eigenvalue weighted by atomic mass is 10.3. The predicted molar refractivity (Wildman–Crippen MR) is 66.9 cm³/mol. The monoisotopic (exact) mass is 275 g/mol. The number of nitrogens with one attached hydrogen (secondary N) is 2. The molecule has 2 amide bonds. The van der Waals surface area contributed by atoms with Crippen LogP contribution in [-0.4, -0.2) is 79.2 Å². The number of aliphatic hydroxyl groups is 1. The average molecular weight is 275 g/mol. The Hall–Kier alpha value is -1.38. The maximum atomic E-state index is 11.3. The van der Waals surface area contributed by atoms with Gasteiger partial charge in [-0.3, -0.25) is 4.90 Å². The number of carbonyl (C=O) groups excluding carboxylic acids is 1. The van der Waals surface area contributed by atoms with Crippen molar-refractivity contribution in [2.45, 2.75) is 12.5 Å². The summed E-state index contributed by atoms with van der Waals surface area (Å²) in [5.74, 6) is -1.35. The van der Waals surface area contributed by atoms with E-state index in [-0.39, 0.29) is 6.54 Å². The van der Waals surface area contributed by atoms with Gasteiger partial charge in [0.25, 0.3) is 0 Å². The van der Waals surface area contributed by atoms with Crippen molar-refractivity contribution in [2.75, 3.05) is 45.9 Å². The molecule has 1 aliphatic heterocycles. The van der Waals surface area contributed by atoms with Gasteiger partial charge in [-0.1, -0.05) is 0 Å². The molecule has 1 fully saturated rings. The summed E-state index contributed by atoms with van der Waals surface area (Å²) in [6.07, 6.45) is -0.756. The molecule has 0 spiro atoms. The number of ether oxygens (including phenoxy) is 1. The lowest BCUT2D eigenvalue weighted by Gasteiger charge is -2.26. The molecule has 0 aromatic heterocycles. The van der Waals surface area contributed by atoms with Gasteiger partial charge in [0.15, 0.2) is 6.10 Å². The quantitative estimate of drug-likeness (QED) is 0.419. The second-order valence-electron chi connectivity index (χ2n) is 4.30. The van der Waals surface area contributed by atoms with Gasteiger partial charge in [-0.2, -0.15) is 0 Å². The number of hydrogen-bond donors (Lipinski definition) is 4. The molecule has 19 heavy (non-hydrogen) atoms. The van der Waals surface area contributed by atoms with Crippen molar-refractivity contribution in [1.29, 1.82) is 0 Å². The van der Waals surface area contributed by atoms with Crippen LogP contribution in [0.15, 0.2) is 0 Å². The van der Waals surface area contributed by atoms with Crippen LogP contribution < -0.4 is 10.6 Å². The first kappa shape index (κ1) is 15.7. The van der Waals surface area contributed by atoms with Crippen LogP contribution >= 0.6 is 0 Å². The van der Waals surface area contributed by atoms with Gasteiger partial charge in [0.2, 0.25) is 0 Å². The van der Waals surface area contributed by atoms with E-state index < -0.39 is 18.1 Å². The summed E-state index contributed by atoms with van der Waals surface area (Å²) in [6.45, 7) is 4.42. The molecule has 8 nitrogen and oxygen atoms in total. The van der Waals surface area contributed by atoms with E-state index in [1.54, 1.807) is 0 Å². The molecule has 0 aliphatic carbocycles. The molecule has 1 saturated heterocycles. The Kier molecular flexibility index (Phi) is 7.16. The predicted octanol–water partition coefficient (Wildman–Crippen LogP) is -1.55. The maximum Gasteiger partial charge on any atom is 0.334 e. The number of amides is 2. The number of urea groups is 1. The molecule has 1 atom stereocenters. The van der Waals surface area contributed by atoms with E-state index in [2.05, 4.69) is 15.5 Å². The highest BCUT2D eigenvalue weighted by molar-refractivity contribution is 5.76. The Bertz CT molecular complexity index is 294. The summed E-state index contributed by atoms with van der Waals surface area (Å²) in [7, 11) is 0. The third-order valence-electron chi connectivity index (χ3n) is 2.78. The van der Waals surface area contributed by atoms with Gasteiger partial charge in [0, 0.05) is 19.6 Å². The SMILES string of the molecule is O=C(NCCCN1CCOCC1)NC[C@H](O)C(=O)O. The van der Waals surface area contributed by atoms with Gasteiger partial charge in [-0.25, -0.2) is 9.59 Å². The summed E-state index contributed by atoms with van der Waals surface area (Å²) in [4.78, 5) is 23.8. The van der Waals surface area contributed by atoms with Crippen molar-refractivity contribution >= 4 is 12.0 Å². The fraction of sp³-hybridized carbons (Fsp3) is 0.818. The number of morpholine rings is 1. The fourth-order valence-corrected chi connectivity index (χ4v) is 1.67. The number of nitrogens with zero attached hydrogens (tertiary/aromatic N) is 1. The first-order chi connectivity index (χ1) is 9.09. The molecule has 8 heteroatoms. The van der Waals surface area contributed by atoms with E-state index in [9.17, 15) is 9.59 Å². The van der Waals surface area contributed by atoms with Crippen molar-refractivity contribution in [3.8, 4) is 0 Å². The Morgan fingerprint density at radius 1 is 1.26 bits per heavy atom. The number of carboxylic acid groups (broad SMARTS) is 1. The molecule has 0 unspecified atom stereocenters. The molecule has 0 aromatic rings. The zero-order valence-corrected chi connectivity index (χ0v) is 10.8. The lowest BCUT2D eigenvalue weighted by molar-refractivity contribution is -0.146. The van der Waals surface area contributed by atoms with Gasteiger partial charge >= 0.3 is 12.0 Å². The third-order valence-corrected chi connectivity index (χ3v) is 2.78. The normalized spacial score (nSPS) is 17.7. The summed E-state index contributed by atoms with van der Waals surface area (Å²) in [6, 6.07) is -0.470. The van der Waals surface area contributed by atoms with E-state index in [0.717, 1.165) is 39.3 Å². The minimum atomic E-state index is -1.57. The first-order valence-electron chi connectivity index (χ1n) is 6.32. The molecule has 110 valence electrons. The summed E-state index contributed by atoms with van der Waals surface area (Å²) >= 11 is 0. The van der Waals surface area contributed by atoms with E-state index in [4.69, 9.17) is 14.9 Å². The van der Waals surface area contributed by atoms with Crippen LogP contribution in [-0.2, 0) is 9.53 Å². The zero-order valence-electron chi connectivity index (χ0n) is 10.8. The molecule has 4 N–H and O–H groups in total. The highest BCUT2D eigenvalue weighted by Crippen LogP contribution is 1.97. The van der Waals surface area contributed by atoms with E-state index >= 15 is 0 Å². The largest absolute Gasteiger partial charge is 0.479 e. The van der Waals surface area contributed by atoms with Crippen LogP contribution in [0, 0.1) is 0 Å². The van der Waals surface area contributed by atoms with Gasteiger partial charge < -0.3 is 25.6 Å². The molecule has 0 radical (unpaired) electrons. The third kappa shape index (κ3) is 6.94. The zero-order chi connectivity index (χ0) is 14.1. The highest BCUT2D eigenvalue weighted by atomic mass is 16.5. The molecule has 1 aliphatic rings. The van der Waals surface area contributed by atoms with Crippen molar-refractivity contribution in [1.82, 2.24) is 15.5 Å². The van der Waals surface area contributed by atoms with E-state index in [1.807, 2.05) is 0 Å². The summed E-state index contributed by atoms with van der Waals surface area (Å²) in [5.41, 5.74) is 0. The highest BCUT2D eigenvalue weighted by Gasteiger charge is 2.14. The van der Waals surface area contributed by atoms with Crippen LogP contribution in [0.3, 0.4) is 0 Å². The van der Waals surface area contributed by atoms with Crippen LogP contribution in [0.4, 0.5) is 4.79 Å². The van der Waals surface area contributed by atoms with Crippen molar-refractivity contribution in [3.63, 3.8) is 0 Å². The minimum absolute atomic E-state index is 0.301. The standard InChI is InChI=1S/C11H21N3O5/c15-9(10(16)17)8-13-11(18)12-2-1-3-14-4-6-19-7-5-14/h9,15H,1-8H2,(H,16,17)(H2,12,13,18)/t9-/m0/s1. The number of hydrogen-bond acceptors (Lipinski definition) is 5. The minimum Gasteiger partial charge on any atom is -0.479 e. The second kappa shape index (κ2) is 8.68. The molecule has 1 rings (SSSR count). The van der Waals surface area contributed by atoms with Crippen LogP contribution in [0.2, 0.25) is 0 Å². The van der Waals surface area contributed by atoms with Crippen molar-refractivity contribution < 1.29 is 24.5 Å². The number of carboxylic acids is 1. The van der Waals surface area contributed by atoms with Crippen LogP contribution in [0.25, 0.3) is 0 Å². The number of rotatable bonds is 7. The topological polar surface area (TPSA) is 111 Å². The van der Waals surface area contributed by atoms with Gasteiger partial charge in [-0.15, -0.1) is 0 Å². The summed E-state index contributed by atoms with van der Waals surface area (Å²) in [5, 5.41) is 22.3. The molecule has 0 bridgehead atoms. The smallest absolute Gasteiger partial charge is 0.334 e. The maximum absolute atomic E-state index is 11.3. The Morgan fingerprint density at radius 3 is 2.58 bits per heavy atom. The van der Waals surface area contributed by atoms with Gasteiger partial charge in [0.05, 0.1) is 19.8 Å². The molecule has 1 heterocycles. The summed E-state index contributed by atoms with van der Waals surface area (Å²) < 4.78 is 5.22. The second-order valence-corrected chi connectivity index (χ2v) is 4.30. The first-order valence-corrected chi connectivity index (χ1v) is 6.32. The fourth-order valence-electron chi connectivity index (χ4n) is 1.67. The number of aliphatic hydroxyl groups excluding tert-OH is 1. The average Bonchev–Trinajstić information content (AvgIpc) is 2.42. The molecular weight excluding hydrogens is 254 g/mol. The number of carbonyl (C=O) groups is 2. The number of aliphatic carboxylic acids is 1. The molecular formula is C11H21N3O5. The molecule has 0 aromatic carbocycles. The Labute approximate surface area is 111 Å².